The standard InChI is InChI=1S/C10H17NO2/c1-11-10(12)13-9-7-5-3-2-4-6-8-9/h3,5,9H,2,4,6-8H2,1H3,(H,11,12)/b5-3+. The number of hydrogen-bond donors (Lipinski definition) is 1. The normalized spacial score (nSPS) is 25.5. The summed E-state index contributed by atoms with van der Waals surface area (Å²) in [5, 5.41) is 2.46. The zero-order valence-electron chi connectivity index (χ0n) is 8.08. The topological polar surface area (TPSA) is 38.3 Å². The van der Waals surface area contributed by atoms with Crippen LogP contribution in [0.4, 0.5) is 4.79 Å². The first-order valence-corrected chi connectivity index (χ1v) is 4.86. The molecule has 0 saturated carbocycles. The van der Waals surface area contributed by atoms with Crippen molar-refractivity contribution < 1.29 is 9.53 Å². The van der Waals surface area contributed by atoms with Crippen molar-refractivity contribution in [3.8, 4) is 0 Å². The van der Waals surface area contributed by atoms with Crippen LogP contribution in [0.5, 0.6) is 0 Å². The lowest BCUT2D eigenvalue weighted by Crippen LogP contribution is -2.26. The van der Waals surface area contributed by atoms with Crippen LogP contribution < -0.4 is 5.32 Å². The second kappa shape index (κ2) is 5.62. The molecule has 1 N–H and O–H groups in total. The van der Waals surface area contributed by atoms with Crippen molar-refractivity contribution in [2.75, 3.05) is 7.05 Å². The highest BCUT2D eigenvalue weighted by Crippen LogP contribution is 2.14. The molecular formula is C10H17NO2. The fourth-order valence-corrected chi connectivity index (χ4v) is 1.44. The summed E-state index contributed by atoms with van der Waals surface area (Å²) in [4.78, 5) is 10.9. The number of carbonyl (C=O) groups is 1. The van der Waals surface area contributed by atoms with Gasteiger partial charge in [0.15, 0.2) is 0 Å². The van der Waals surface area contributed by atoms with Gasteiger partial charge in [-0.05, 0) is 25.7 Å². The highest BCUT2D eigenvalue weighted by Gasteiger charge is 2.12. The van der Waals surface area contributed by atoms with Gasteiger partial charge < -0.3 is 10.1 Å². The van der Waals surface area contributed by atoms with E-state index in [-0.39, 0.29) is 12.2 Å². The molecule has 74 valence electrons. The Morgan fingerprint density at radius 2 is 2.31 bits per heavy atom. The number of carbonyl (C=O) groups excluding carboxylic acids is 1. The van der Waals surface area contributed by atoms with Gasteiger partial charge in [0, 0.05) is 13.5 Å². The van der Waals surface area contributed by atoms with Gasteiger partial charge in [0.25, 0.3) is 0 Å². The number of amides is 1. The summed E-state index contributed by atoms with van der Waals surface area (Å²) in [6, 6.07) is 0. The minimum atomic E-state index is -0.320. The lowest BCUT2D eigenvalue weighted by Gasteiger charge is -2.17. The Morgan fingerprint density at radius 3 is 3.08 bits per heavy atom. The number of allylic oxidation sites excluding steroid dienone is 1. The van der Waals surface area contributed by atoms with E-state index in [1.165, 1.54) is 6.42 Å². The van der Waals surface area contributed by atoms with Gasteiger partial charge in [-0.25, -0.2) is 4.79 Å². The van der Waals surface area contributed by atoms with Crippen molar-refractivity contribution >= 4 is 6.09 Å². The fourth-order valence-electron chi connectivity index (χ4n) is 1.44. The second-order valence-corrected chi connectivity index (χ2v) is 3.27. The maximum Gasteiger partial charge on any atom is 0.407 e. The molecule has 0 heterocycles. The average molecular weight is 183 g/mol. The molecule has 0 spiro atoms. The molecule has 0 fully saturated rings. The summed E-state index contributed by atoms with van der Waals surface area (Å²) >= 11 is 0. The molecule has 0 aromatic carbocycles. The second-order valence-electron chi connectivity index (χ2n) is 3.27. The van der Waals surface area contributed by atoms with Crippen molar-refractivity contribution in [3.63, 3.8) is 0 Å². The molecule has 1 unspecified atom stereocenters. The minimum absolute atomic E-state index is 0.0662. The largest absolute Gasteiger partial charge is 0.446 e. The predicted molar refractivity (Wildman–Crippen MR) is 51.6 cm³/mol. The number of hydrogen-bond acceptors (Lipinski definition) is 2. The van der Waals surface area contributed by atoms with Crippen molar-refractivity contribution in [1.29, 1.82) is 0 Å². The molecule has 0 bridgehead atoms. The van der Waals surface area contributed by atoms with E-state index < -0.39 is 0 Å². The van der Waals surface area contributed by atoms with E-state index in [0.29, 0.717) is 0 Å². The average Bonchev–Trinajstić information content (AvgIpc) is 2.09. The van der Waals surface area contributed by atoms with Crippen molar-refractivity contribution in [2.45, 2.75) is 38.2 Å². The lowest BCUT2D eigenvalue weighted by molar-refractivity contribution is 0.0936. The number of rotatable bonds is 1. The Morgan fingerprint density at radius 1 is 1.46 bits per heavy atom. The molecule has 1 aliphatic rings. The highest BCUT2D eigenvalue weighted by molar-refractivity contribution is 5.66. The Bertz CT molecular complexity index is 189. The minimum Gasteiger partial charge on any atom is -0.446 e. The van der Waals surface area contributed by atoms with E-state index in [9.17, 15) is 4.79 Å². The van der Waals surface area contributed by atoms with Gasteiger partial charge in [-0.3, -0.25) is 0 Å². The summed E-state index contributed by atoms with van der Waals surface area (Å²) in [6.45, 7) is 0. The van der Waals surface area contributed by atoms with Crippen molar-refractivity contribution in [1.82, 2.24) is 5.32 Å². The van der Waals surface area contributed by atoms with Gasteiger partial charge in [0.2, 0.25) is 0 Å². The molecule has 3 nitrogen and oxygen atoms in total. The summed E-state index contributed by atoms with van der Waals surface area (Å²) in [6.07, 6.45) is 9.36. The number of nitrogens with one attached hydrogen (secondary N) is 1. The Kier molecular flexibility index (Phi) is 4.36. The maximum atomic E-state index is 10.9. The third kappa shape index (κ3) is 3.97. The van der Waals surface area contributed by atoms with Crippen molar-refractivity contribution in [2.24, 2.45) is 0 Å². The van der Waals surface area contributed by atoms with E-state index >= 15 is 0 Å². The number of ether oxygens (including phenoxy) is 1. The molecule has 13 heavy (non-hydrogen) atoms. The summed E-state index contributed by atoms with van der Waals surface area (Å²) in [7, 11) is 1.58. The molecule has 1 amide bonds. The van der Waals surface area contributed by atoms with E-state index in [1.807, 2.05) is 0 Å². The molecule has 1 aliphatic carbocycles. The molecular weight excluding hydrogens is 166 g/mol. The van der Waals surface area contributed by atoms with Crippen LogP contribution in [0.2, 0.25) is 0 Å². The van der Waals surface area contributed by atoms with E-state index in [4.69, 9.17) is 4.74 Å². The molecule has 3 heteroatoms. The monoisotopic (exact) mass is 183 g/mol. The van der Waals surface area contributed by atoms with Crippen LogP contribution in [0.25, 0.3) is 0 Å². The van der Waals surface area contributed by atoms with Crippen LogP contribution in [0.3, 0.4) is 0 Å². The van der Waals surface area contributed by atoms with Gasteiger partial charge in [-0.2, -0.15) is 0 Å². The summed E-state index contributed by atoms with van der Waals surface area (Å²) in [5.74, 6) is 0. The van der Waals surface area contributed by atoms with Gasteiger partial charge in [-0.15, -0.1) is 0 Å². The van der Waals surface area contributed by atoms with Crippen LogP contribution in [-0.4, -0.2) is 19.2 Å². The van der Waals surface area contributed by atoms with Crippen LogP contribution in [0.1, 0.15) is 32.1 Å². The van der Waals surface area contributed by atoms with E-state index in [1.54, 1.807) is 7.05 Å². The highest BCUT2D eigenvalue weighted by atomic mass is 16.6. The first-order chi connectivity index (χ1) is 6.33. The van der Waals surface area contributed by atoms with Gasteiger partial charge in [0.05, 0.1) is 0 Å². The molecule has 0 aromatic heterocycles. The van der Waals surface area contributed by atoms with E-state index in [0.717, 1.165) is 25.7 Å². The van der Waals surface area contributed by atoms with E-state index in [2.05, 4.69) is 17.5 Å². The zero-order chi connectivity index (χ0) is 9.52. The first-order valence-electron chi connectivity index (χ1n) is 4.86. The van der Waals surface area contributed by atoms with Crippen LogP contribution in [-0.2, 0) is 4.74 Å². The first kappa shape index (κ1) is 10.1. The Balaban J connectivity index is 2.33. The zero-order valence-corrected chi connectivity index (χ0v) is 8.08. The van der Waals surface area contributed by atoms with Gasteiger partial charge >= 0.3 is 6.09 Å². The van der Waals surface area contributed by atoms with Crippen molar-refractivity contribution in [3.05, 3.63) is 12.2 Å². The SMILES string of the molecule is CNC(=O)OC1C/C=C/CCCC1. The Hall–Kier alpha value is -0.990. The van der Waals surface area contributed by atoms with Gasteiger partial charge in [0.1, 0.15) is 6.10 Å². The summed E-state index contributed by atoms with van der Waals surface area (Å²) < 4.78 is 5.17. The molecule has 0 aromatic rings. The maximum absolute atomic E-state index is 10.9. The van der Waals surface area contributed by atoms with Crippen LogP contribution in [0, 0.1) is 0 Å². The third-order valence-electron chi connectivity index (χ3n) is 2.19. The molecule has 0 saturated heterocycles. The Labute approximate surface area is 79.2 Å². The quantitative estimate of drug-likeness (QED) is 0.633. The molecule has 1 rings (SSSR count). The summed E-state index contributed by atoms with van der Waals surface area (Å²) in [5.41, 5.74) is 0. The molecule has 0 radical (unpaired) electrons. The van der Waals surface area contributed by atoms with Crippen LogP contribution in [0.15, 0.2) is 12.2 Å². The third-order valence-corrected chi connectivity index (χ3v) is 2.19. The van der Waals surface area contributed by atoms with Crippen LogP contribution >= 0.6 is 0 Å². The molecule has 0 aliphatic heterocycles. The smallest absolute Gasteiger partial charge is 0.407 e. The number of alkyl carbamates (subject to hydrolysis) is 1. The lowest BCUT2D eigenvalue weighted by atomic mass is 10.0. The molecule has 1 atom stereocenters. The predicted octanol–water partition coefficient (Wildman–Crippen LogP) is 2.23. The fraction of sp³-hybridized carbons (Fsp3) is 0.700. The van der Waals surface area contributed by atoms with Gasteiger partial charge in [-0.1, -0.05) is 12.2 Å².